The van der Waals surface area contributed by atoms with E-state index < -0.39 is 0 Å². The standard InChI is InChI=1S/C23H38BrO.C5H5.Fe/c1-21(2,3)17-15-16(18(25)13-11-10-12-14-24)19(22(4,5)6)20(17)23(7,8)9;1-2-4-5-3-1;/h15H,10-14H2,1-9H3;1-5H;/q-1;-5;. The number of unbranched alkanes of at least 4 members (excludes halogenated alkanes) is 2. The fraction of sp³-hybridized carbons (Fsp3) is 0.607. The number of ketones is 1. The zero-order chi connectivity index (χ0) is 23.2. The zero-order valence-electron chi connectivity index (χ0n) is 21.1. The quantitative estimate of drug-likeness (QED) is 0.120. The van der Waals surface area contributed by atoms with Gasteiger partial charge in [-0.2, -0.15) is 17.2 Å². The van der Waals surface area contributed by atoms with Gasteiger partial charge in [-0.25, -0.2) is 0 Å². The van der Waals surface area contributed by atoms with Crippen LogP contribution < -0.4 is 0 Å². The SMILES string of the molecule is CC(C)(C)c1c(C(=O)CCCCCBr)c[c-](C(C)(C)C)c1C(C)(C)C.[Fe].[cH-]1[cH-][cH-][cH-][cH-]1. The van der Waals surface area contributed by atoms with Crippen molar-refractivity contribution in [1.82, 2.24) is 0 Å². The minimum Gasteiger partial charge on any atom is -0.748 e. The predicted molar refractivity (Wildman–Crippen MR) is 137 cm³/mol. The molecule has 3 heteroatoms. The zero-order valence-corrected chi connectivity index (χ0v) is 23.8. The van der Waals surface area contributed by atoms with Crippen LogP contribution in [0.2, 0.25) is 0 Å². The Hall–Kier alpha value is -0.631. The molecule has 0 aliphatic heterocycles. The molecular formula is C28H43BrFeO-6. The summed E-state index contributed by atoms with van der Waals surface area (Å²) in [5.41, 5.74) is 5.01. The van der Waals surface area contributed by atoms with Crippen LogP contribution in [0.25, 0.3) is 0 Å². The van der Waals surface area contributed by atoms with Crippen molar-refractivity contribution in [2.45, 2.75) is 104 Å². The van der Waals surface area contributed by atoms with Gasteiger partial charge >= 0.3 is 0 Å². The molecule has 0 bridgehead atoms. The Morgan fingerprint density at radius 2 is 1.32 bits per heavy atom. The van der Waals surface area contributed by atoms with E-state index in [1.807, 2.05) is 30.3 Å². The van der Waals surface area contributed by atoms with E-state index in [2.05, 4.69) is 84.3 Å². The first kappa shape index (κ1) is 30.4. The summed E-state index contributed by atoms with van der Waals surface area (Å²) in [4.78, 5) is 13.1. The Morgan fingerprint density at radius 3 is 1.68 bits per heavy atom. The molecule has 0 aliphatic rings. The van der Waals surface area contributed by atoms with E-state index in [0.717, 1.165) is 30.2 Å². The smallest absolute Gasteiger partial charge is 0.0978 e. The summed E-state index contributed by atoms with van der Waals surface area (Å²) in [5.74, 6) is 0.320. The summed E-state index contributed by atoms with van der Waals surface area (Å²) in [5, 5.41) is 1.02. The molecule has 0 amide bonds. The molecule has 0 heterocycles. The maximum Gasteiger partial charge on any atom is 0.0978 e. The fourth-order valence-electron chi connectivity index (χ4n) is 3.94. The molecule has 0 aromatic heterocycles. The number of Topliss-reactive ketones (excluding diaryl/α,β-unsaturated/α-hetero) is 1. The molecule has 2 rings (SSSR count). The van der Waals surface area contributed by atoms with Crippen LogP contribution >= 0.6 is 15.9 Å². The van der Waals surface area contributed by atoms with E-state index in [0.29, 0.717) is 12.2 Å². The van der Waals surface area contributed by atoms with Crippen molar-refractivity contribution < 1.29 is 21.9 Å². The maximum absolute atomic E-state index is 13.1. The van der Waals surface area contributed by atoms with E-state index in [1.54, 1.807) is 0 Å². The number of carbonyl (C=O) groups is 1. The van der Waals surface area contributed by atoms with Gasteiger partial charge in [0.05, 0.1) is 5.78 Å². The molecule has 0 N–H and O–H groups in total. The molecule has 0 radical (unpaired) electrons. The van der Waals surface area contributed by atoms with Crippen LogP contribution in [0.15, 0.2) is 36.4 Å². The molecule has 1 nitrogen and oxygen atoms in total. The van der Waals surface area contributed by atoms with Crippen LogP contribution in [0, 0.1) is 0 Å². The number of alkyl halides is 1. The first-order chi connectivity index (χ1) is 13.7. The number of carbonyl (C=O) groups excluding carboxylic acids is 1. The minimum absolute atomic E-state index is 0. The second-order valence-corrected chi connectivity index (χ2v) is 12.1. The fourth-order valence-corrected chi connectivity index (χ4v) is 4.34. The minimum atomic E-state index is -0.0348. The summed E-state index contributed by atoms with van der Waals surface area (Å²) in [6, 6.07) is 12.2. The first-order valence-corrected chi connectivity index (χ1v) is 12.4. The Labute approximate surface area is 211 Å². The van der Waals surface area contributed by atoms with Crippen molar-refractivity contribution in [3.8, 4) is 0 Å². The Bertz CT molecular complexity index is 745. The van der Waals surface area contributed by atoms with Crippen LogP contribution in [0.4, 0.5) is 0 Å². The summed E-state index contributed by atoms with van der Waals surface area (Å²) in [6.07, 6.45) is 3.89. The molecule has 0 aliphatic carbocycles. The number of hydrogen-bond acceptors (Lipinski definition) is 1. The van der Waals surface area contributed by atoms with E-state index >= 15 is 0 Å². The molecule has 31 heavy (non-hydrogen) atoms. The number of hydrogen-bond donors (Lipinski definition) is 0. The van der Waals surface area contributed by atoms with Gasteiger partial charge in [0.15, 0.2) is 0 Å². The van der Waals surface area contributed by atoms with Crippen LogP contribution in [-0.2, 0) is 33.3 Å². The van der Waals surface area contributed by atoms with Gasteiger partial charge in [-0.05, 0) is 24.7 Å². The van der Waals surface area contributed by atoms with Gasteiger partial charge in [-0.1, -0.05) is 95.5 Å². The van der Waals surface area contributed by atoms with Crippen molar-refractivity contribution in [3.05, 3.63) is 58.7 Å². The molecule has 0 fully saturated rings. The summed E-state index contributed by atoms with van der Waals surface area (Å²) in [6.45, 7) is 20.3. The molecule has 0 unspecified atom stereocenters. The van der Waals surface area contributed by atoms with Gasteiger partial charge in [-0.15, -0.1) is 11.1 Å². The predicted octanol–water partition coefficient (Wildman–Crippen LogP) is 8.84. The van der Waals surface area contributed by atoms with Crippen LogP contribution in [0.5, 0.6) is 0 Å². The average molecular weight is 531 g/mol. The van der Waals surface area contributed by atoms with Gasteiger partial charge in [0.2, 0.25) is 0 Å². The Balaban J connectivity index is 0.00000131. The van der Waals surface area contributed by atoms with Gasteiger partial charge in [0, 0.05) is 22.4 Å². The van der Waals surface area contributed by atoms with Gasteiger partial charge in [0.25, 0.3) is 0 Å². The molecular weight excluding hydrogens is 488 g/mol. The van der Waals surface area contributed by atoms with E-state index in [-0.39, 0.29) is 33.3 Å². The topological polar surface area (TPSA) is 17.1 Å². The van der Waals surface area contributed by atoms with E-state index in [9.17, 15) is 4.79 Å². The second-order valence-electron chi connectivity index (χ2n) is 11.4. The third-order valence-corrected chi connectivity index (χ3v) is 5.84. The summed E-state index contributed by atoms with van der Waals surface area (Å²) < 4.78 is 0. The van der Waals surface area contributed by atoms with Crippen molar-refractivity contribution >= 4 is 21.7 Å². The third-order valence-electron chi connectivity index (χ3n) is 5.28. The Morgan fingerprint density at radius 1 is 0.839 bits per heavy atom. The van der Waals surface area contributed by atoms with Gasteiger partial charge < -0.3 is 35.1 Å². The average Bonchev–Trinajstić information content (AvgIpc) is 3.27. The monoisotopic (exact) mass is 530 g/mol. The summed E-state index contributed by atoms with van der Waals surface area (Å²) in [7, 11) is 0. The van der Waals surface area contributed by atoms with Gasteiger partial charge in [-0.3, -0.25) is 0 Å². The summed E-state index contributed by atoms with van der Waals surface area (Å²) >= 11 is 3.47. The van der Waals surface area contributed by atoms with Crippen molar-refractivity contribution in [3.63, 3.8) is 0 Å². The van der Waals surface area contributed by atoms with E-state index in [1.165, 1.54) is 16.7 Å². The maximum atomic E-state index is 13.1. The normalized spacial score (nSPS) is 12.1. The third kappa shape index (κ3) is 9.40. The van der Waals surface area contributed by atoms with Crippen LogP contribution in [0.1, 0.15) is 115 Å². The second kappa shape index (κ2) is 12.6. The van der Waals surface area contributed by atoms with Crippen molar-refractivity contribution in [2.24, 2.45) is 0 Å². The molecule has 2 aromatic rings. The molecule has 0 saturated heterocycles. The molecule has 182 valence electrons. The van der Waals surface area contributed by atoms with Crippen molar-refractivity contribution in [2.75, 3.05) is 5.33 Å². The largest absolute Gasteiger partial charge is 0.748 e. The van der Waals surface area contributed by atoms with Crippen molar-refractivity contribution in [1.29, 1.82) is 0 Å². The molecule has 0 spiro atoms. The van der Waals surface area contributed by atoms with Crippen LogP contribution in [-0.4, -0.2) is 11.1 Å². The van der Waals surface area contributed by atoms with Crippen LogP contribution in [0.3, 0.4) is 0 Å². The first-order valence-electron chi connectivity index (χ1n) is 11.3. The number of halogens is 1. The van der Waals surface area contributed by atoms with Gasteiger partial charge in [0.1, 0.15) is 0 Å². The molecule has 2 aromatic carbocycles. The van der Waals surface area contributed by atoms with E-state index in [4.69, 9.17) is 0 Å². The Kier molecular flexibility index (Phi) is 12.3. The molecule has 0 atom stereocenters. The number of rotatable bonds is 6. The molecule has 0 saturated carbocycles.